The molecule has 0 bridgehead atoms. The molecule has 0 aromatic carbocycles. The highest BCUT2D eigenvalue weighted by atomic mass is 16.5. The van der Waals surface area contributed by atoms with Crippen molar-refractivity contribution < 1.29 is 15.3 Å². The molecule has 0 aliphatic heterocycles. The van der Waals surface area contributed by atoms with Crippen molar-refractivity contribution in [3.05, 3.63) is 47.6 Å². The Morgan fingerprint density at radius 1 is 1.06 bits per heavy atom. The molecule has 3 nitrogen and oxygen atoms in total. The Hall–Kier alpha value is -1.16. The monoisotopic (exact) mass is 428 g/mol. The van der Waals surface area contributed by atoms with E-state index in [4.69, 9.17) is 0 Å². The zero-order chi connectivity index (χ0) is 23.0. The summed E-state index contributed by atoms with van der Waals surface area (Å²) in [5, 5.41) is 30.4. The molecule has 0 radical (unpaired) electrons. The summed E-state index contributed by atoms with van der Waals surface area (Å²) in [5.74, 6) is 0.316. The van der Waals surface area contributed by atoms with Gasteiger partial charge in [0.25, 0.3) is 0 Å². The fourth-order valence-electron chi connectivity index (χ4n) is 6.27. The fraction of sp³-hybridized carbons (Fsp3) is 0.714. The third-order valence-corrected chi connectivity index (χ3v) is 8.74. The Bertz CT molecular complexity index is 764. The highest BCUT2D eigenvalue weighted by Gasteiger charge is 2.50. The second kappa shape index (κ2) is 9.00. The first-order valence-corrected chi connectivity index (χ1v) is 12.3. The number of aliphatic hydroxyl groups is 3. The molecular formula is C28H44O3. The third kappa shape index (κ3) is 5.43. The molecule has 0 aromatic rings. The average Bonchev–Trinajstić information content (AvgIpc) is 3.03. The third-order valence-electron chi connectivity index (χ3n) is 8.74. The topological polar surface area (TPSA) is 60.7 Å². The number of fused-ring (bicyclic) bond motifs is 1. The fourth-order valence-corrected chi connectivity index (χ4v) is 6.27. The summed E-state index contributed by atoms with van der Waals surface area (Å²) in [6, 6.07) is 0. The highest BCUT2D eigenvalue weighted by molar-refractivity contribution is 5.37. The van der Waals surface area contributed by atoms with Crippen molar-refractivity contribution in [2.45, 2.75) is 97.4 Å². The van der Waals surface area contributed by atoms with Crippen LogP contribution in [0.3, 0.4) is 0 Å². The van der Waals surface area contributed by atoms with Crippen LogP contribution >= 0.6 is 0 Å². The summed E-state index contributed by atoms with van der Waals surface area (Å²) in [7, 11) is 0. The van der Waals surface area contributed by atoms with E-state index in [1.807, 2.05) is 13.8 Å². The van der Waals surface area contributed by atoms with E-state index in [2.05, 4.69) is 51.7 Å². The Morgan fingerprint density at radius 2 is 1.77 bits per heavy atom. The lowest BCUT2D eigenvalue weighted by atomic mass is 9.61. The van der Waals surface area contributed by atoms with E-state index in [1.165, 1.54) is 31.3 Å². The minimum absolute atomic E-state index is 0.141. The van der Waals surface area contributed by atoms with E-state index in [-0.39, 0.29) is 12.3 Å². The van der Waals surface area contributed by atoms with Crippen molar-refractivity contribution in [1.82, 2.24) is 0 Å². The smallest absolute Gasteiger partial charge is 0.166 e. The molecule has 5 atom stereocenters. The second-order valence-corrected chi connectivity index (χ2v) is 11.5. The van der Waals surface area contributed by atoms with Crippen LogP contribution < -0.4 is 0 Å². The predicted octanol–water partition coefficient (Wildman–Crippen LogP) is 6.08. The van der Waals surface area contributed by atoms with Gasteiger partial charge in [0, 0.05) is 18.8 Å². The minimum Gasteiger partial charge on any atom is -0.390 e. The van der Waals surface area contributed by atoms with Gasteiger partial charge in [-0.3, -0.25) is 0 Å². The first kappa shape index (κ1) is 24.5. The Labute approximate surface area is 189 Å². The van der Waals surface area contributed by atoms with Crippen molar-refractivity contribution in [2.75, 3.05) is 0 Å². The Balaban J connectivity index is 1.76. The number of allylic oxidation sites excluding steroid dienone is 5. The van der Waals surface area contributed by atoms with E-state index >= 15 is 0 Å². The first-order chi connectivity index (χ1) is 14.3. The largest absolute Gasteiger partial charge is 0.390 e. The SMILES string of the molecule is C=C1CCC(O)(O)C/C1=C/C=C1\CCC[C@@]2(C)C1CC[C@@H]2[C@H](C)/C=C/[C@H](C)C(C)(C)O. The van der Waals surface area contributed by atoms with Crippen molar-refractivity contribution in [3.63, 3.8) is 0 Å². The summed E-state index contributed by atoms with van der Waals surface area (Å²) in [4.78, 5) is 0. The molecule has 3 saturated carbocycles. The van der Waals surface area contributed by atoms with E-state index in [0.29, 0.717) is 36.0 Å². The van der Waals surface area contributed by atoms with Gasteiger partial charge in [0.2, 0.25) is 0 Å². The van der Waals surface area contributed by atoms with Gasteiger partial charge in [-0.05, 0) is 81.1 Å². The summed E-state index contributed by atoms with van der Waals surface area (Å²) in [6.07, 6.45) is 16.4. The van der Waals surface area contributed by atoms with Crippen LogP contribution in [0.25, 0.3) is 0 Å². The lowest BCUT2D eigenvalue weighted by Crippen LogP contribution is -2.35. The van der Waals surface area contributed by atoms with Gasteiger partial charge in [-0.1, -0.05) is 62.8 Å². The van der Waals surface area contributed by atoms with Gasteiger partial charge >= 0.3 is 0 Å². The molecule has 0 heterocycles. The van der Waals surface area contributed by atoms with Crippen LogP contribution in [0.2, 0.25) is 0 Å². The van der Waals surface area contributed by atoms with E-state index in [1.54, 1.807) is 0 Å². The number of rotatable bonds is 5. The second-order valence-electron chi connectivity index (χ2n) is 11.5. The van der Waals surface area contributed by atoms with E-state index in [9.17, 15) is 15.3 Å². The molecular weight excluding hydrogens is 384 g/mol. The van der Waals surface area contributed by atoms with Crippen LogP contribution in [-0.4, -0.2) is 26.7 Å². The van der Waals surface area contributed by atoms with E-state index < -0.39 is 11.4 Å². The van der Waals surface area contributed by atoms with Crippen LogP contribution in [0.15, 0.2) is 47.6 Å². The summed E-state index contributed by atoms with van der Waals surface area (Å²) < 4.78 is 0. The molecule has 174 valence electrons. The molecule has 3 heteroatoms. The van der Waals surface area contributed by atoms with Crippen molar-refractivity contribution in [3.8, 4) is 0 Å². The molecule has 3 aliphatic rings. The van der Waals surface area contributed by atoms with Crippen molar-refractivity contribution >= 4 is 0 Å². The molecule has 3 aliphatic carbocycles. The molecule has 3 rings (SSSR count). The zero-order valence-electron chi connectivity index (χ0n) is 20.3. The quantitative estimate of drug-likeness (QED) is 0.367. The molecule has 3 N–H and O–H groups in total. The normalized spacial score (nSPS) is 36.2. The standard InChI is InChI=1S/C28H44O3/c1-19-15-17-28(30,31)18-23(19)12-11-22-8-7-16-27(6)24(13-14-25(22)27)20(2)9-10-21(3)26(4,5)29/h9-12,20-21,24-25,29-31H,1,7-8,13-18H2,2-6H3/b10-9+,22-11+,23-12-/t20-,21+,24-,25?,27-/m1/s1. The van der Waals surface area contributed by atoms with Crippen molar-refractivity contribution in [2.24, 2.45) is 29.1 Å². The molecule has 31 heavy (non-hydrogen) atoms. The maximum absolute atomic E-state index is 10.3. The summed E-state index contributed by atoms with van der Waals surface area (Å²) in [6.45, 7) is 14.8. The summed E-state index contributed by atoms with van der Waals surface area (Å²) in [5.41, 5.74) is 3.19. The molecule has 0 amide bonds. The maximum Gasteiger partial charge on any atom is 0.166 e. The average molecular weight is 429 g/mol. The van der Waals surface area contributed by atoms with Gasteiger partial charge in [-0.2, -0.15) is 0 Å². The van der Waals surface area contributed by atoms with Gasteiger partial charge in [-0.25, -0.2) is 0 Å². The summed E-state index contributed by atoms with van der Waals surface area (Å²) >= 11 is 0. The Kier molecular flexibility index (Phi) is 7.11. The van der Waals surface area contributed by atoms with Gasteiger partial charge in [0.15, 0.2) is 5.79 Å². The molecule has 0 aromatic heterocycles. The molecule has 3 fully saturated rings. The van der Waals surface area contributed by atoms with Gasteiger partial charge in [0.1, 0.15) is 0 Å². The highest BCUT2D eigenvalue weighted by Crippen LogP contribution is 2.59. The van der Waals surface area contributed by atoms with Crippen LogP contribution in [0.4, 0.5) is 0 Å². The van der Waals surface area contributed by atoms with Crippen LogP contribution in [-0.2, 0) is 0 Å². The van der Waals surface area contributed by atoms with Gasteiger partial charge < -0.3 is 15.3 Å². The van der Waals surface area contributed by atoms with Crippen LogP contribution in [0.5, 0.6) is 0 Å². The van der Waals surface area contributed by atoms with Crippen LogP contribution in [0, 0.1) is 29.1 Å². The predicted molar refractivity (Wildman–Crippen MR) is 128 cm³/mol. The number of hydrogen-bond donors (Lipinski definition) is 3. The van der Waals surface area contributed by atoms with Crippen LogP contribution in [0.1, 0.15) is 86.0 Å². The number of hydrogen-bond acceptors (Lipinski definition) is 3. The molecule has 0 spiro atoms. The lowest BCUT2D eigenvalue weighted by molar-refractivity contribution is -0.166. The molecule has 1 unspecified atom stereocenters. The first-order valence-electron chi connectivity index (χ1n) is 12.3. The van der Waals surface area contributed by atoms with E-state index in [0.717, 1.165) is 17.6 Å². The maximum atomic E-state index is 10.3. The Morgan fingerprint density at radius 3 is 2.45 bits per heavy atom. The van der Waals surface area contributed by atoms with Gasteiger partial charge in [0.05, 0.1) is 5.60 Å². The lowest BCUT2D eigenvalue weighted by Gasteiger charge is -2.44. The zero-order valence-corrected chi connectivity index (χ0v) is 20.3. The van der Waals surface area contributed by atoms with Gasteiger partial charge in [-0.15, -0.1) is 0 Å². The minimum atomic E-state index is -1.59. The molecule has 0 saturated heterocycles. The van der Waals surface area contributed by atoms with Crippen molar-refractivity contribution in [1.29, 1.82) is 0 Å².